The van der Waals surface area contributed by atoms with Gasteiger partial charge in [-0.3, -0.25) is 0 Å². The number of ether oxygens (including phenoxy) is 1. The van der Waals surface area contributed by atoms with E-state index in [0.717, 1.165) is 5.56 Å². The van der Waals surface area contributed by atoms with Crippen molar-refractivity contribution in [2.75, 3.05) is 6.61 Å². The number of pyridine rings is 1. The number of carbonyl (C=O) groups excluding carboxylic acids is 1. The first-order valence-corrected chi connectivity index (χ1v) is 4.82. The lowest BCUT2D eigenvalue weighted by Gasteiger charge is -1.92. The predicted molar refractivity (Wildman–Crippen MR) is 55.4 cm³/mol. The number of rotatable bonds is 1. The Kier molecular flexibility index (Phi) is 4.14. The van der Waals surface area contributed by atoms with Crippen LogP contribution in [-0.4, -0.2) is 17.6 Å². The Morgan fingerprint density at radius 2 is 2.50 bits per heavy atom. The average molecular weight is 254 g/mol. The molecule has 0 aliphatic heterocycles. The summed E-state index contributed by atoms with van der Waals surface area (Å²) in [5.74, 6) is 4.53. The third-order valence-electron chi connectivity index (χ3n) is 1.31. The Morgan fingerprint density at radius 1 is 1.71 bits per heavy atom. The highest BCUT2D eigenvalue weighted by atomic mass is 79.9. The van der Waals surface area contributed by atoms with Crippen molar-refractivity contribution in [1.82, 2.24) is 4.98 Å². The molecule has 0 aliphatic rings. The van der Waals surface area contributed by atoms with Gasteiger partial charge in [0, 0.05) is 17.7 Å². The van der Waals surface area contributed by atoms with Crippen LogP contribution < -0.4 is 0 Å². The molecular weight excluding hydrogens is 246 g/mol. The molecule has 0 saturated carbocycles. The number of aromatic nitrogens is 1. The molecule has 1 aromatic rings. The van der Waals surface area contributed by atoms with Gasteiger partial charge in [0.1, 0.15) is 4.60 Å². The minimum Gasteiger partial charge on any atom is -0.456 e. The second kappa shape index (κ2) is 5.40. The summed E-state index contributed by atoms with van der Waals surface area (Å²) in [5, 5.41) is 0. The molecule has 0 aromatic carbocycles. The van der Waals surface area contributed by atoms with E-state index < -0.39 is 5.97 Å². The molecule has 0 bridgehead atoms. The van der Waals surface area contributed by atoms with Crippen LogP contribution in [0, 0.1) is 11.8 Å². The Balaban J connectivity index is 2.72. The van der Waals surface area contributed by atoms with E-state index in [0.29, 0.717) is 11.2 Å². The molecule has 0 amide bonds. The quantitative estimate of drug-likeness (QED) is 0.435. The van der Waals surface area contributed by atoms with E-state index in [1.807, 2.05) is 0 Å². The average Bonchev–Trinajstić information content (AvgIpc) is 2.15. The number of esters is 1. The summed E-state index contributed by atoms with van der Waals surface area (Å²) < 4.78 is 5.34. The van der Waals surface area contributed by atoms with Crippen LogP contribution in [0.25, 0.3) is 0 Å². The predicted octanol–water partition coefficient (Wildman–Crippen LogP) is 1.76. The summed E-state index contributed by atoms with van der Waals surface area (Å²) >= 11 is 3.20. The Labute approximate surface area is 90.6 Å². The standard InChI is InChI=1S/C10H8BrNO2/c1-2-14-10(13)4-3-8-5-6-12-9(11)7-8/h5-7H,2H2,1H3. The number of carbonyl (C=O) groups is 1. The maximum atomic E-state index is 10.9. The van der Waals surface area contributed by atoms with Gasteiger partial charge in [0.2, 0.25) is 0 Å². The van der Waals surface area contributed by atoms with Gasteiger partial charge >= 0.3 is 5.97 Å². The molecule has 0 N–H and O–H groups in total. The van der Waals surface area contributed by atoms with E-state index in [2.05, 4.69) is 37.5 Å². The van der Waals surface area contributed by atoms with Crippen molar-refractivity contribution in [1.29, 1.82) is 0 Å². The monoisotopic (exact) mass is 253 g/mol. The maximum Gasteiger partial charge on any atom is 0.384 e. The van der Waals surface area contributed by atoms with Crippen LogP contribution in [0.3, 0.4) is 0 Å². The van der Waals surface area contributed by atoms with E-state index in [1.165, 1.54) is 0 Å². The van der Waals surface area contributed by atoms with Crippen molar-refractivity contribution < 1.29 is 9.53 Å². The molecule has 0 atom stereocenters. The van der Waals surface area contributed by atoms with Crippen LogP contribution in [-0.2, 0) is 9.53 Å². The summed E-state index contributed by atoms with van der Waals surface area (Å²) in [5.41, 5.74) is 0.722. The molecule has 72 valence electrons. The topological polar surface area (TPSA) is 39.2 Å². The molecule has 1 aromatic heterocycles. The molecule has 0 radical (unpaired) electrons. The highest BCUT2D eigenvalue weighted by molar-refractivity contribution is 9.10. The molecule has 0 spiro atoms. The lowest BCUT2D eigenvalue weighted by Crippen LogP contribution is -1.99. The fourth-order valence-electron chi connectivity index (χ4n) is 0.771. The minimum atomic E-state index is -0.513. The SMILES string of the molecule is CCOC(=O)C#Cc1ccnc(Br)c1. The van der Waals surface area contributed by atoms with Gasteiger partial charge in [0.25, 0.3) is 0 Å². The first-order chi connectivity index (χ1) is 6.72. The molecule has 0 fully saturated rings. The van der Waals surface area contributed by atoms with Crippen LogP contribution in [0.2, 0.25) is 0 Å². The van der Waals surface area contributed by atoms with E-state index in [9.17, 15) is 4.79 Å². The first kappa shape index (κ1) is 10.7. The Morgan fingerprint density at radius 3 is 3.14 bits per heavy atom. The van der Waals surface area contributed by atoms with Gasteiger partial charge in [-0.15, -0.1) is 0 Å². The second-order valence-corrected chi connectivity index (χ2v) is 3.15. The molecule has 0 saturated heterocycles. The normalized spacial score (nSPS) is 8.71. The third-order valence-corrected chi connectivity index (χ3v) is 1.74. The van der Waals surface area contributed by atoms with Crippen LogP contribution in [0.15, 0.2) is 22.9 Å². The Hall–Kier alpha value is -1.34. The van der Waals surface area contributed by atoms with Crippen molar-refractivity contribution in [3.63, 3.8) is 0 Å². The molecule has 3 nitrogen and oxygen atoms in total. The van der Waals surface area contributed by atoms with Crippen molar-refractivity contribution in [2.24, 2.45) is 0 Å². The summed E-state index contributed by atoms with van der Waals surface area (Å²) in [7, 11) is 0. The fraction of sp³-hybridized carbons (Fsp3) is 0.200. The zero-order valence-corrected chi connectivity index (χ0v) is 9.17. The Bertz CT molecular complexity index is 393. The van der Waals surface area contributed by atoms with Crippen molar-refractivity contribution >= 4 is 21.9 Å². The molecule has 14 heavy (non-hydrogen) atoms. The number of halogens is 1. The van der Waals surface area contributed by atoms with Crippen LogP contribution in [0.5, 0.6) is 0 Å². The van der Waals surface area contributed by atoms with Crippen molar-refractivity contribution in [3.8, 4) is 11.8 Å². The number of hydrogen-bond donors (Lipinski definition) is 0. The highest BCUT2D eigenvalue weighted by Gasteiger charge is 1.93. The lowest BCUT2D eigenvalue weighted by atomic mass is 10.3. The van der Waals surface area contributed by atoms with Gasteiger partial charge in [-0.05, 0) is 35.0 Å². The zero-order valence-electron chi connectivity index (χ0n) is 7.58. The van der Waals surface area contributed by atoms with Crippen molar-refractivity contribution in [2.45, 2.75) is 6.92 Å². The zero-order chi connectivity index (χ0) is 10.4. The van der Waals surface area contributed by atoms with Gasteiger partial charge in [-0.1, -0.05) is 5.92 Å². The first-order valence-electron chi connectivity index (χ1n) is 4.02. The summed E-state index contributed by atoms with van der Waals surface area (Å²) in [6.07, 6.45) is 1.61. The molecule has 1 rings (SSSR count). The van der Waals surface area contributed by atoms with Crippen LogP contribution in [0.1, 0.15) is 12.5 Å². The smallest absolute Gasteiger partial charge is 0.384 e. The summed E-state index contributed by atoms with van der Waals surface area (Å²) in [6.45, 7) is 2.08. The highest BCUT2D eigenvalue weighted by Crippen LogP contribution is 2.06. The van der Waals surface area contributed by atoms with Crippen LogP contribution in [0.4, 0.5) is 0 Å². The van der Waals surface area contributed by atoms with Gasteiger partial charge in [-0.25, -0.2) is 9.78 Å². The van der Waals surface area contributed by atoms with Gasteiger partial charge in [0.15, 0.2) is 0 Å². The molecule has 0 unspecified atom stereocenters. The number of hydrogen-bond acceptors (Lipinski definition) is 3. The molecular formula is C10H8BrNO2. The lowest BCUT2D eigenvalue weighted by molar-refractivity contribution is -0.136. The maximum absolute atomic E-state index is 10.9. The van der Waals surface area contributed by atoms with Crippen molar-refractivity contribution in [3.05, 3.63) is 28.5 Å². The van der Waals surface area contributed by atoms with Gasteiger partial charge in [-0.2, -0.15) is 0 Å². The molecule has 0 aliphatic carbocycles. The molecule has 4 heteroatoms. The second-order valence-electron chi connectivity index (χ2n) is 2.34. The van der Waals surface area contributed by atoms with Gasteiger partial charge < -0.3 is 4.74 Å². The minimum absolute atomic E-state index is 0.341. The van der Waals surface area contributed by atoms with Gasteiger partial charge in [0.05, 0.1) is 6.61 Å². The van der Waals surface area contributed by atoms with Crippen LogP contribution >= 0.6 is 15.9 Å². The van der Waals surface area contributed by atoms with E-state index in [1.54, 1.807) is 25.3 Å². The fourth-order valence-corrected chi connectivity index (χ4v) is 1.14. The van der Waals surface area contributed by atoms with E-state index in [4.69, 9.17) is 0 Å². The number of nitrogens with zero attached hydrogens (tertiary/aromatic N) is 1. The third kappa shape index (κ3) is 3.58. The van der Waals surface area contributed by atoms with E-state index in [-0.39, 0.29) is 0 Å². The largest absolute Gasteiger partial charge is 0.456 e. The molecule has 1 heterocycles. The van der Waals surface area contributed by atoms with E-state index >= 15 is 0 Å². The summed E-state index contributed by atoms with van der Waals surface area (Å²) in [6, 6.07) is 3.45. The summed E-state index contributed by atoms with van der Waals surface area (Å²) in [4.78, 5) is 14.8.